The van der Waals surface area contributed by atoms with Gasteiger partial charge in [0.15, 0.2) is 0 Å². The maximum absolute atomic E-state index is 9.86. The molecule has 0 bridgehead atoms. The second kappa shape index (κ2) is 7.24. The third-order valence-electron chi connectivity index (χ3n) is 3.16. The molecule has 0 saturated heterocycles. The van der Waals surface area contributed by atoms with Crippen LogP contribution in [-0.2, 0) is 0 Å². The first-order chi connectivity index (χ1) is 9.70. The van der Waals surface area contributed by atoms with Crippen LogP contribution in [0.4, 0.5) is 0 Å². The molecule has 4 nitrogen and oxygen atoms in total. The summed E-state index contributed by atoms with van der Waals surface area (Å²) < 4.78 is 5.69. The molecule has 4 heteroatoms. The van der Waals surface area contributed by atoms with E-state index in [1.54, 1.807) is 0 Å². The van der Waals surface area contributed by atoms with Crippen molar-refractivity contribution >= 4 is 10.8 Å². The lowest BCUT2D eigenvalue weighted by Crippen LogP contribution is -2.38. The van der Waals surface area contributed by atoms with Crippen molar-refractivity contribution in [1.82, 2.24) is 5.32 Å². The summed E-state index contributed by atoms with van der Waals surface area (Å²) >= 11 is 0. The Hall–Kier alpha value is -1.62. The molecule has 2 aromatic carbocycles. The fourth-order valence-corrected chi connectivity index (χ4v) is 1.97. The minimum Gasteiger partial charge on any atom is -0.490 e. The molecule has 0 fully saturated rings. The quantitative estimate of drug-likeness (QED) is 0.717. The minimum absolute atomic E-state index is 0.0257. The molecular formula is C16H21NO3. The smallest absolute Gasteiger partial charge is 0.127 e. The van der Waals surface area contributed by atoms with Crippen LogP contribution in [0.3, 0.4) is 0 Å². The van der Waals surface area contributed by atoms with E-state index in [1.165, 1.54) is 0 Å². The van der Waals surface area contributed by atoms with Crippen molar-refractivity contribution in [3.05, 3.63) is 42.5 Å². The van der Waals surface area contributed by atoms with E-state index in [1.807, 2.05) is 49.4 Å². The van der Waals surface area contributed by atoms with Crippen LogP contribution < -0.4 is 10.1 Å². The average molecular weight is 275 g/mol. The molecule has 0 unspecified atom stereocenters. The normalized spacial score (nSPS) is 14.2. The van der Waals surface area contributed by atoms with Gasteiger partial charge in [-0.15, -0.1) is 0 Å². The first kappa shape index (κ1) is 14.8. The number of benzene rings is 2. The molecule has 0 heterocycles. The molecule has 0 saturated carbocycles. The number of fused-ring (bicyclic) bond motifs is 1. The SMILES string of the molecule is C[C@@H](CO)NC[C@@H](O)COc1cccc2ccccc12. The first-order valence-electron chi connectivity index (χ1n) is 6.83. The van der Waals surface area contributed by atoms with Crippen molar-refractivity contribution in [1.29, 1.82) is 0 Å². The predicted molar refractivity (Wildman–Crippen MR) is 80.0 cm³/mol. The zero-order valence-electron chi connectivity index (χ0n) is 11.6. The van der Waals surface area contributed by atoms with E-state index in [2.05, 4.69) is 5.32 Å². The molecule has 0 aliphatic rings. The molecule has 2 aromatic rings. The highest BCUT2D eigenvalue weighted by atomic mass is 16.5. The lowest BCUT2D eigenvalue weighted by atomic mass is 10.1. The Morgan fingerprint density at radius 3 is 2.70 bits per heavy atom. The number of hydrogen-bond donors (Lipinski definition) is 3. The Balaban J connectivity index is 1.92. The van der Waals surface area contributed by atoms with Crippen LogP contribution >= 0.6 is 0 Å². The second-order valence-corrected chi connectivity index (χ2v) is 4.93. The van der Waals surface area contributed by atoms with Gasteiger partial charge in [0, 0.05) is 18.0 Å². The van der Waals surface area contributed by atoms with E-state index in [0.717, 1.165) is 16.5 Å². The van der Waals surface area contributed by atoms with Gasteiger partial charge in [-0.05, 0) is 18.4 Å². The van der Waals surface area contributed by atoms with Gasteiger partial charge in [-0.25, -0.2) is 0 Å². The van der Waals surface area contributed by atoms with E-state index in [4.69, 9.17) is 9.84 Å². The largest absolute Gasteiger partial charge is 0.490 e. The third-order valence-corrected chi connectivity index (χ3v) is 3.16. The van der Waals surface area contributed by atoms with Crippen LogP contribution in [0.1, 0.15) is 6.92 Å². The topological polar surface area (TPSA) is 61.7 Å². The van der Waals surface area contributed by atoms with Gasteiger partial charge < -0.3 is 20.3 Å². The molecule has 3 N–H and O–H groups in total. The number of aliphatic hydroxyl groups excluding tert-OH is 2. The van der Waals surface area contributed by atoms with Gasteiger partial charge in [-0.1, -0.05) is 36.4 Å². The van der Waals surface area contributed by atoms with E-state index < -0.39 is 6.10 Å². The molecular weight excluding hydrogens is 254 g/mol. The molecule has 0 spiro atoms. The fourth-order valence-electron chi connectivity index (χ4n) is 1.97. The van der Waals surface area contributed by atoms with Crippen molar-refractivity contribution < 1.29 is 14.9 Å². The van der Waals surface area contributed by atoms with Crippen molar-refractivity contribution in [3.63, 3.8) is 0 Å². The van der Waals surface area contributed by atoms with Gasteiger partial charge in [0.05, 0.1) is 6.61 Å². The van der Waals surface area contributed by atoms with Crippen LogP contribution in [0.2, 0.25) is 0 Å². The van der Waals surface area contributed by atoms with Crippen molar-refractivity contribution in [2.45, 2.75) is 19.1 Å². The summed E-state index contributed by atoms with van der Waals surface area (Å²) in [4.78, 5) is 0. The zero-order valence-corrected chi connectivity index (χ0v) is 11.6. The van der Waals surface area contributed by atoms with Crippen LogP contribution in [0.15, 0.2) is 42.5 Å². The molecule has 2 rings (SSSR count). The Bertz CT molecular complexity index is 539. The average Bonchev–Trinajstić information content (AvgIpc) is 2.50. The summed E-state index contributed by atoms with van der Waals surface area (Å²) in [6.07, 6.45) is -0.608. The Morgan fingerprint density at radius 2 is 1.90 bits per heavy atom. The Morgan fingerprint density at radius 1 is 1.15 bits per heavy atom. The second-order valence-electron chi connectivity index (χ2n) is 4.93. The monoisotopic (exact) mass is 275 g/mol. The summed E-state index contributed by atoms with van der Waals surface area (Å²) in [5.41, 5.74) is 0. The highest BCUT2D eigenvalue weighted by Gasteiger charge is 2.08. The van der Waals surface area contributed by atoms with Gasteiger partial charge in [0.2, 0.25) is 0 Å². The molecule has 0 radical (unpaired) electrons. The van der Waals surface area contributed by atoms with E-state index >= 15 is 0 Å². The van der Waals surface area contributed by atoms with Crippen molar-refractivity contribution in [3.8, 4) is 5.75 Å². The number of aliphatic hydroxyl groups is 2. The van der Waals surface area contributed by atoms with Gasteiger partial charge >= 0.3 is 0 Å². The molecule has 0 aromatic heterocycles. The lowest BCUT2D eigenvalue weighted by Gasteiger charge is -2.16. The summed E-state index contributed by atoms with van der Waals surface area (Å²) in [6, 6.07) is 13.8. The van der Waals surface area contributed by atoms with Crippen molar-refractivity contribution in [2.24, 2.45) is 0 Å². The van der Waals surface area contributed by atoms with Gasteiger partial charge in [0.1, 0.15) is 18.5 Å². The van der Waals surface area contributed by atoms with Gasteiger partial charge in [-0.3, -0.25) is 0 Å². The van der Waals surface area contributed by atoms with E-state index in [0.29, 0.717) is 6.54 Å². The highest BCUT2D eigenvalue weighted by molar-refractivity contribution is 5.88. The number of rotatable bonds is 7. The molecule has 0 aliphatic carbocycles. The van der Waals surface area contributed by atoms with Crippen LogP contribution in [-0.4, -0.2) is 42.1 Å². The molecule has 0 amide bonds. The number of nitrogens with one attached hydrogen (secondary N) is 1. The van der Waals surface area contributed by atoms with Gasteiger partial charge in [0.25, 0.3) is 0 Å². The Labute approximate surface area is 119 Å². The number of ether oxygens (including phenoxy) is 1. The lowest BCUT2D eigenvalue weighted by molar-refractivity contribution is 0.102. The fraction of sp³-hybridized carbons (Fsp3) is 0.375. The predicted octanol–water partition coefficient (Wildman–Crippen LogP) is 1.55. The van der Waals surface area contributed by atoms with E-state index in [-0.39, 0.29) is 19.3 Å². The number of hydrogen-bond acceptors (Lipinski definition) is 4. The summed E-state index contributed by atoms with van der Waals surface area (Å²) in [5.74, 6) is 0.775. The van der Waals surface area contributed by atoms with Crippen LogP contribution in [0.25, 0.3) is 10.8 Å². The molecule has 2 atom stereocenters. The van der Waals surface area contributed by atoms with E-state index in [9.17, 15) is 5.11 Å². The summed E-state index contributed by atoms with van der Waals surface area (Å²) in [6.45, 7) is 2.53. The minimum atomic E-state index is -0.608. The molecule has 0 aliphatic heterocycles. The summed E-state index contributed by atoms with van der Waals surface area (Å²) in [7, 11) is 0. The first-order valence-corrected chi connectivity index (χ1v) is 6.83. The van der Waals surface area contributed by atoms with Crippen LogP contribution in [0.5, 0.6) is 5.75 Å². The van der Waals surface area contributed by atoms with Crippen LogP contribution in [0, 0.1) is 0 Å². The van der Waals surface area contributed by atoms with Gasteiger partial charge in [-0.2, -0.15) is 0 Å². The molecule has 20 heavy (non-hydrogen) atoms. The maximum Gasteiger partial charge on any atom is 0.127 e. The highest BCUT2D eigenvalue weighted by Crippen LogP contribution is 2.25. The maximum atomic E-state index is 9.86. The Kier molecular flexibility index (Phi) is 5.35. The third kappa shape index (κ3) is 3.93. The summed E-state index contributed by atoms with van der Waals surface area (Å²) in [5, 5.41) is 23.9. The molecule has 108 valence electrons. The standard InChI is InChI=1S/C16H21NO3/c1-12(10-18)17-9-14(19)11-20-16-8-4-6-13-5-2-3-7-15(13)16/h2-8,12,14,17-19H,9-11H2,1H3/t12-,14+/m0/s1. The van der Waals surface area contributed by atoms with Crippen molar-refractivity contribution in [2.75, 3.05) is 19.8 Å². The zero-order chi connectivity index (χ0) is 14.4.